The first-order chi connectivity index (χ1) is 18.1. The van der Waals surface area contributed by atoms with E-state index in [1.807, 2.05) is 91.9 Å². The topological polar surface area (TPSA) is 85.2 Å². The number of allylic oxidation sites excluding steroid dienone is 1. The first-order valence-corrected chi connectivity index (χ1v) is 12.7. The Bertz CT molecular complexity index is 1420. The van der Waals surface area contributed by atoms with Crippen LogP contribution < -0.4 is 0 Å². The van der Waals surface area contributed by atoms with Crippen LogP contribution in [0.5, 0.6) is 0 Å². The Morgan fingerprint density at radius 2 is 1.55 bits per heavy atom. The number of carbonyl (C=O) groups is 2. The van der Waals surface area contributed by atoms with Gasteiger partial charge in [-0.3, -0.25) is 0 Å². The van der Waals surface area contributed by atoms with Gasteiger partial charge in [0.1, 0.15) is 11.4 Å². The Labute approximate surface area is 222 Å². The Balaban J connectivity index is 1.80. The average Bonchev–Trinajstić information content (AvgIpc) is 3.22. The quantitative estimate of drug-likeness (QED) is 0.426. The van der Waals surface area contributed by atoms with Gasteiger partial charge in [0, 0.05) is 17.9 Å². The van der Waals surface area contributed by atoms with Crippen LogP contribution in [0.25, 0.3) is 0 Å². The van der Waals surface area contributed by atoms with Gasteiger partial charge >= 0.3 is 11.9 Å². The summed E-state index contributed by atoms with van der Waals surface area (Å²) in [5.74, 6) is -2.69. The Morgan fingerprint density at radius 1 is 0.947 bits per heavy atom. The molecule has 5 rings (SSSR count). The highest BCUT2D eigenvalue weighted by Crippen LogP contribution is 2.56. The molecule has 0 saturated heterocycles. The molecule has 194 valence electrons. The average molecular weight is 510 g/mol. The van der Waals surface area contributed by atoms with E-state index in [9.17, 15) is 14.7 Å². The highest BCUT2D eigenvalue weighted by Gasteiger charge is 2.63. The molecule has 1 spiro atoms. The predicted molar refractivity (Wildman–Crippen MR) is 145 cm³/mol. The van der Waals surface area contributed by atoms with Gasteiger partial charge in [-0.15, -0.1) is 0 Å². The van der Waals surface area contributed by atoms with Crippen LogP contribution in [-0.2, 0) is 19.1 Å². The van der Waals surface area contributed by atoms with Crippen LogP contribution in [-0.4, -0.2) is 34.1 Å². The van der Waals surface area contributed by atoms with E-state index in [0.29, 0.717) is 11.1 Å². The molecular weight excluding hydrogens is 478 g/mol. The molecule has 0 fully saturated rings. The van der Waals surface area contributed by atoms with E-state index in [1.54, 1.807) is 20.8 Å². The van der Waals surface area contributed by atoms with Crippen LogP contribution in [0.2, 0.25) is 0 Å². The van der Waals surface area contributed by atoms with Gasteiger partial charge in [-0.05, 0) is 51.0 Å². The zero-order chi connectivity index (χ0) is 27.1. The maximum absolute atomic E-state index is 14.1. The minimum absolute atomic E-state index is 0.0294. The maximum Gasteiger partial charge on any atom is 0.342 e. The van der Waals surface area contributed by atoms with Gasteiger partial charge in [0.2, 0.25) is 5.90 Å². The number of aryl methyl sites for hydroxylation is 1. The number of rotatable bonds is 4. The van der Waals surface area contributed by atoms with Crippen molar-refractivity contribution in [3.05, 3.63) is 119 Å². The first-order valence-electron chi connectivity index (χ1n) is 12.7. The summed E-state index contributed by atoms with van der Waals surface area (Å²) in [5.41, 5.74) is 0.845. The fourth-order valence-electron chi connectivity index (χ4n) is 5.37. The molecule has 0 amide bonds. The van der Waals surface area contributed by atoms with Crippen molar-refractivity contribution in [2.75, 3.05) is 0 Å². The molecule has 0 aromatic heterocycles. The number of carbonyl (C=O) groups excluding carboxylic acids is 2. The van der Waals surface area contributed by atoms with E-state index in [0.717, 1.165) is 11.1 Å². The standard InChI is InChI=1S/C32H31NO5/c1-20-15-17-22(18-16-20)27-26(29(35)38-31(2,3)4)25(34)19-24(21-11-7-5-8-12-21)32(27)30(36)37-28(33-32)23-13-9-6-10-14-23/h5-18,24,27,34H,19H2,1-4H3/t24-,27+,32-/m1/s1. The van der Waals surface area contributed by atoms with Crippen molar-refractivity contribution in [1.29, 1.82) is 0 Å². The monoisotopic (exact) mass is 509 g/mol. The van der Waals surface area contributed by atoms with E-state index >= 15 is 0 Å². The summed E-state index contributed by atoms with van der Waals surface area (Å²) in [7, 11) is 0. The molecule has 1 aliphatic carbocycles. The molecule has 0 radical (unpaired) electrons. The molecule has 3 aromatic carbocycles. The lowest BCUT2D eigenvalue weighted by Gasteiger charge is -2.43. The van der Waals surface area contributed by atoms with Gasteiger partial charge in [0.25, 0.3) is 0 Å². The van der Waals surface area contributed by atoms with Crippen molar-refractivity contribution in [3.63, 3.8) is 0 Å². The van der Waals surface area contributed by atoms with Crippen LogP contribution >= 0.6 is 0 Å². The lowest BCUT2D eigenvalue weighted by atomic mass is 9.61. The van der Waals surface area contributed by atoms with Crippen LogP contribution in [0.4, 0.5) is 0 Å². The number of ether oxygens (including phenoxy) is 2. The lowest BCUT2D eigenvalue weighted by molar-refractivity contribution is -0.151. The van der Waals surface area contributed by atoms with E-state index < -0.39 is 34.9 Å². The van der Waals surface area contributed by atoms with Gasteiger partial charge in [-0.25, -0.2) is 14.6 Å². The van der Waals surface area contributed by atoms with Crippen molar-refractivity contribution in [3.8, 4) is 0 Å². The number of esters is 2. The Morgan fingerprint density at radius 3 is 2.16 bits per heavy atom. The number of aliphatic hydroxyl groups excluding tert-OH is 1. The van der Waals surface area contributed by atoms with E-state index in [1.165, 1.54) is 0 Å². The van der Waals surface area contributed by atoms with Crippen molar-refractivity contribution in [2.24, 2.45) is 4.99 Å². The molecule has 1 heterocycles. The van der Waals surface area contributed by atoms with Crippen molar-refractivity contribution >= 4 is 17.8 Å². The molecule has 3 aromatic rings. The van der Waals surface area contributed by atoms with Gasteiger partial charge in [0.15, 0.2) is 5.54 Å². The number of aliphatic hydroxyl groups is 1. The maximum atomic E-state index is 14.1. The minimum atomic E-state index is -1.54. The third-order valence-electron chi connectivity index (χ3n) is 7.02. The van der Waals surface area contributed by atoms with Gasteiger partial charge in [0.05, 0.1) is 11.5 Å². The Hall–Kier alpha value is -4.19. The molecule has 0 saturated carbocycles. The number of benzene rings is 3. The fraction of sp³-hybridized carbons (Fsp3) is 0.281. The van der Waals surface area contributed by atoms with Gasteiger partial charge in [-0.1, -0.05) is 78.4 Å². The van der Waals surface area contributed by atoms with E-state index in [2.05, 4.69) is 0 Å². The largest absolute Gasteiger partial charge is 0.512 e. The second-order valence-electron chi connectivity index (χ2n) is 10.9. The van der Waals surface area contributed by atoms with Crippen molar-refractivity contribution < 1.29 is 24.2 Å². The molecule has 1 aliphatic heterocycles. The predicted octanol–water partition coefficient (Wildman–Crippen LogP) is 6.16. The number of hydrogen-bond donors (Lipinski definition) is 1. The molecular formula is C32H31NO5. The summed E-state index contributed by atoms with van der Waals surface area (Å²) in [6.07, 6.45) is 0.0294. The normalized spacial score (nSPS) is 23.3. The van der Waals surface area contributed by atoms with Gasteiger partial charge in [-0.2, -0.15) is 0 Å². The van der Waals surface area contributed by atoms with Crippen LogP contribution in [0.3, 0.4) is 0 Å². The van der Waals surface area contributed by atoms with Crippen molar-refractivity contribution in [2.45, 2.75) is 57.1 Å². The third kappa shape index (κ3) is 4.51. The molecule has 3 atom stereocenters. The first kappa shape index (κ1) is 25.5. The lowest BCUT2D eigenvalue weighted by Crippen LogP contribution is -2.51. The smallest absolute Gasteiger partial charge is 0.342 e. The molecule has 38 heavy (non-hydrogen) atoms. The molecule has 1 N–H and O–H groups in total. The van der Waals surface area contributed by atoms with E-state index in [4.69, 9.17) is 14.5 Å². The number of aliphatic imine (C=N–C) groups is 1. The Kier molecular flexibility index (Phi) is 6.43. The van der Waals surface area contributed by atoms with Crippen molar-refractivity contribution in [1.82, 2.24) is 0 Å². The van der Waals surface area contributed by atoms with Gasteiger partial charge < -0.3 is 14.6 Å². The summed E-state index contributed by atoms with van der Waals surface area (Å²) in [4.78, 5) is 32.8. The van der Waals surface area contributed by atoms with Crippen LogP contribution in [0.1, 0.15) is 61.3 Å². The second-order valence-corrected chi connectivity index (χ2v) is 10.9. The number of cyclic esters (lactones) is 1. The molecule has 2 aliphatic rings. The van der Waals surface area contributed by atoms with E-state index in [-0.39, 0.29) is 23.7 Å². The second kappa shape index (κ2) is 9.60. The SMILES string of the molecule is Cc1ccc([C@H]2C(C(=O)OC(C)(C)C)=C(O)C[C@H](c3ccccc3)[C@@]23N=C(c2ccccc2)OC3=O)cc1. The molecule has 0 bridgehead atoms. The summed E-state index contributed by atoms with van der Waals surface area (Å²) in [6, 6.07) is 26.3. The summed E-state index contributed by atoms with van der Waals surface area (Å²) in [6.45, 7) is 7.27. The summed E-state index contributed by atoms with van der Waals surface area (Å²) < 4.78 is 11.6. The molecule has 6 nitrogen and oxygen atoms in total. The van der Waals surface area contributed by atoms with Crippen LogP contribution in [0.15, 0.2) is 101 Å². The summed E-state index contributed by atoms with van der Waals surface area (Å²) >= 11 is 0. The number of nitrogens with zero attached hydrogens (tertiary/aromatic N) is 1. The molecule has 6 heteroatoms. The third-order valence-corrected chi connectivity index (χ3v) is 7.02. The molecule has 0 unspecified atom stereocenters. The zero-order valence-electron chi connectivity index (χ0n) is 22.0. The van der Waals surface area contributed by atoms with Crippen LogP contribution in [0, 0.1) is 6.92 Å². The summed E-state index contributed by atoms with van der Waals surface area (Å²) in [5, 5.41) is 11.4. The number of hydrogen-bond acceptors (Lipinski definition) is 6. The zero-order valence-corrected chi connectivity index (χ0v) is 22.0. The highest BCUT2D eigenvalue weighted by atomic mass is 16.6. The fourth-order valence-corrected chi connectivity index (χ4v) is 5.37. The highest BCUT2D eigenvalue weighted by molar-refractivity contribution is 6.10. The minimum Gasteiger partial charge on any atom is -0.512 e.